The molecule has 0 aromatic rings. The van der Waals surface area contributed by atoms with Crippen LogP contribution in [-0.2, 0) is 4.79 Å². The Kier molecular flexibility index (Phi) is 8.16. The van der Waals surface area contributed by atoms with Gasteiger partial charge in [0.25, 0.3) is 0 Å². The zero-order chi connectivity index (χ0) is 15.9. The second kappa shape index (κ2) is 8.49. The molecule has 0 rings (SSSR count). The van der Waals surface area contributed by atoms with Crippen molar-refractivity contribution in [2.75, 3.05) is 13.1 Å². The summed E-state index contributed by atoms with van der Waals surface area (Å²) < 4.78 is 37.6. The normalized spacial score (nSPS) is 15.2. The maximum atomic E-state index is 12.5. The summed E-state index contributed by atoms with van der Waals surface area (Å²) in [5, 5.41) is 0. The molecule has 0 saturated heterocycles. The van der Waals surface area contributed by atoms with E-state index >= 15 is 0 Å². The van der Waals surface area contributed by atoms with Gasteiger partial charge in [-0.15, -0.1) is 0 Å². The van der Waals surface area contributed by atoms with E-state index in [1.807, 2.05) is 6.92 Å². The molecule has 0 aliphatic carbocycles. The van der Waals surface area contributed by atoms with Gasteiger partial charge in [-0.2, -0.15) is 13.2 Å². The van der Waals surface area contributed by atoms with Crippen LogP contribution in [0.15, 0.2) is 0 Å². The van der Waals surface area contributed by atoms with E-state index in [0.717, 1.165) is 17.7 Å². The van der Waals surface area contributed by atoms with Gasteiger partial charge in [-0.3, -0.25) is 4.79 Å². The predicted octanol–water partition coefficient (Wildman–Crippen LogP) is 3.19. The van der Waals surface area contributed by atoms with Gasteiger partial charge in [0, 0.05) is 18.5 Å². The van der Waals surface area contributed by atoms with Crippen molar-refractivity contribution in [2.24, 2.45) is 17.6 Å². The van der Waals surface area contributed by atoms with E-state index in [1.165, 1.54) is 0 Å². The minimum absolute atomic E-state index is 0.0116. The summed E-state index contributed by atoms with van der Waals surface area (Å²) in [6.07, 6.45) is -2.24. The van der Waals surface area contributed by atoms with Gasteiger partial charge in [0.1, 0.15) is 6.54 Å². The van der Waals surface area contributed by atoms with Crippen LogP contribution in [-0.4, -0.2) is 36.1 Å². The summed E-state index contributed by atoms with van der Waals surface area (Å²) in [5.74, 6) is -0.798. The van der Waals surface area contributed by atoms with Gasteiger partial charge in [0.05, 0.1) is 0 Å². The first kappa shape index (κ1) is 19.2. The number of carbonyl (C=O) groups is 1. The molecule has 2 N–H and O–H groups in total. The van der Waals surface area contributed by atoms with Crippen LogP contribution in [0.1, 0.15) is 47.0 Å². The molecule has 0 radical (unpaired) electrons. The lowest BCUT2D eigenvalue weighted by molar-refractivity contribution is -0.164. The molecule has 1 amide bonds. The van der Waals surface area contributed by atoms with Crippen LogP contribution in [0.3, 0.4) is 0 Å². The van der Waals surface area contributed by atoms with Gasteiger partial charge >= 0.3 is 6.18 Å². The van der Waals surface area contributed by atoms with Gasteiger partial charge < -0.3 is 10.6 Å². The number of halogens is 3. The monoisotopic (exact) mass is 296 g/mol. The maximum absolute atomic E-state index is 12.5. The van der Waals surface area contributed by atoms with E-state index in [-0.39, 0.29) is 18.5 Å². The van der Waals surface area contributed by atoms with Crippen LogP contribution in [0.4, 0.5) is 13.2 Å². The molecular formula is C14H27F3N2O. The lowest BCUT2D eigenvalue weighted by atomic mass is 10.00. The minimum Gasteiger partial charge on any atom is -0.333 e. The number of hydrogen-bond acceptors (Lipinski definition) is 2. The summed E-state index contributed by atoms with van der Waals surface area (Å²) in [6, 6.07) is 0.0549. The first-order valence-corrected chi connectivity index (χ1v) is 7.14. The van der Waals surface area contributed by atoms with Crippen molar-refractivity contribution in [1.29, 1.82) is 0 Å². The number of rotatable bonds is 8. The third-order valence-electron chi connectivity index (χ3n) is 2.99. The molecule has 2 unspecified atom stereocenters. The summed E-state index contributed by atoms with van der Waals surface area (Å²) in [5.41, 5.74) is 5.62. The first-order chi connectivity index (χ1) is 9.03. The first-order valence-electron chi connectivity index (χ1n) is 7.14. The topological polar surface area (TPSA) is 46.3 Å². The summed E-state index contributed by atoms with van der Waals surface area (Å²) in [4.78, 5) is 13.1. The fourth-order valence-corrected chi connectivity index (χ4v) is 2.07. The Morgan fingerprint density at radius 1 is 1.15 bits per heavy atom. The highest BCUT2D eigenvalue weighted by Crippen LogP contribution is 2.20. The molecule has 3 nitrogen and oxygen atoms in total. The lowest BCUT2D eigenvalue weighted by Gasteiger charge is -2.28. The van der Waals surface area contributed by atoms with Crippen molar-refractivity contribution < 1.29 is 18.0 Å². The number of carbonyl (C=O) groups excluding carboxylic acids is 1. The molecule has 0 saturated carbocycles. The number of amides is 1. The molecule has 20 heavy (non-hydrogen) atoms. The maximum Gasteiger partial charge on any atom is 0.406 e. The molecule has 2 atom stereocenters. The Balaban J connectivity index is 4.51. The van der Waals surface area contributed by atoms with E-state index in [0.29, 0.717) is 6.42 Å². The molecule has 0 aromatic heterocycles. The van der Waals surface area contributed by atoms with Gasteiger partial charge in [-0.25, -0.2) is 0 Å². The molecular weight excluding hydrogens is 269 g/mol. The molecule has 0 aliphatic heterocycles. The molecule has 0 bridgehead atoms. The zero-order valence-electron chi connectivity index (χ0n) is 12.8. The summed E-state index contributed by atoms with van der Waals surface area (Å²) in [6.45, 7) is 6.14. The zero-order valence-corrected chi connectivity index (χ0v) is 12.8. The largest absolute Gasteiger partial charge is 0.406 e. The Labute approximate surface area is 119 Å². The number of nitrogens with two attached hydrogens (primary N) is 1. The van der Waals surface area contributed by atoms with Gasteiger partial charge in [0.15, 0.2) is 0 Å². The number of hydrogen-bond donors (Lipinski definition) is 1. The van der Waals surface area contributed by atoms with Crippen molar-refractivity contribution in [2.45, 2.75) is 59.2 Å². The van der Waals surface area contributed by atoms with Crippen LogP contribution in [0.5, 0.6) is 0 Å². The molecule has 6 heteroatoms. The van der Waals surface area contributed by atoms with E-state index in [2.05, 4.69) is 0 Å². The number of alkyl halides is 3. The minimum atomic E-state index is -4.35. The van der Waals surface area contributed by atoms with E-state index in [1.54, 1.807) is 20.8 Å². The fraction of sp³-hybridized carbons (Fsp3) is 0.929. The molecule has 0 spiro atoms. The van der Waals surface area contributed by atoms with Crippen LogP contribution < -0.4 is 5.73 Å². The second-order valence-corrected chi connectivity index (χ2v) is 6.04. The molecule has 0 heterocycles. The average Bonchev–Trinajstić information content (AvgIpc) is 2.23. The predicted molar refractivity (Wildman–Crippen MR) is 74.1 cm³/mol. The van der Waals surface area contributed by atoms with Gasteiger partial charge in [-0.1, -0.05) is 27.2 Å². The Hall–Kier alpha value is -0.780. The van der Waals surface area contributed by atoms with E-state index < -0.39 is 24.5 Å². The highest BCUT2D eigenvalue weighted by atomic mass is 19.4. The van der Waals surface area contributed by atoms with Crippen molar-refractivity contribution in [3.8, 4) is 0 Å². The molecule has 0 fully saturated rings. The lowest BCUT2D eigenvalue weighted by Crippen LogP contribution is -2.43. The third-order valence-corrected chi connectivity index (χ3v) is 2.99. The molecule has 120 valence electrons. The van der Waals surface area contributed by atoms with Gasteiger partial charge in [-0.05, 0) is 25.7 Å². The highest BCUT2D eigenvalue weighted by Gasteiger charge is 2.34. The van der Waals surface area contributed by atoms with Crippen molar-refractivity contribution in [3.05, 3.63) is 0 Å². The van der Waals surface area contributed by atoms with Crippen molar-refractivity contribution >= 4 is 5.91 Å². The third kappa shape index (κ3) is 9.18. The van der Waals surface area contributed by atoms with Crippen LogP contribution >= 0.6 is 0 Å². The Morgan fingerprint density at radius 3 is 2.10 bits per heavy atom. The highest BCUT2D eigenvalue weighted by molar-refractivity contribution is 5.78. The Bertz CT molecular complexity index is 291. The quantitative estimate of drug-likeness (QED) is 0.747. The number of nitrogens with zero attached hydrogens (tertiary/aromatic N) is 1. The van der Waals surface area contributed by atoms with Crippen molar-refractivity contribution in [1.82, 2.24) is 4.90 Å². The standard InChI is InChI=1S/C14H27F3N2O/c1-10(2)8-19(9-14(15,16)17)13(20)11(3)6-5-7-12(4)18/h10-12H,5-9,18H2,1-4H3. The van der Waals surface area contributed by atoms with Crippen LogP contribution in [0.25, 0.3) is 0 Å². The summed E-state index contributed by atoms with van der Waals surface area (Å²) in [7, 11) is 0. The smallest absolute Gasteiger partial charge is 0.333 e. The Morgan fingerprint density at radius 2 is 1.70 bits per heavy atom. The average molecular weight is 296 g/mol. The second-order valence-electron chi connectivity index (χ2n) is 6.04. The summed E-state index contributed by atoms with van der Waals surface area (Å²) >= 11 is 0. The fourth-order valence-electron chi connectivity index (χ4n) is 2.07. The van der Waals surface area contributed by atoms with E-state index in [9.17, 15) is 18.0 Å². The van der Waals surface area contributed by atoms with E-state index in [4.69, 9.17) is 5.73 Å². The molecule has 0 aromatic carbocycles. The van der Waals surface area contributed by atoms with Crippen LogP contribution in [0.2, 0.25) is 0 Å². The van der Waals surface area contributed by atoms with Gasteiger partial charge in [0.2, 0.25) is 5.91 Å². The van der Waals surface area contributed by atoms with Crippen molar-refractivity contribution in [3.63, 3.8) is 0 Å². The SMILES string of the molecule is CC(C)CN(CC(F)(F)F)C(=O)C(C)CCCC(C)N. The molecule has 0 aliphatic rings. The van der Waals surface area contributed by atoms with Crippen LogP contribution in [0, 0.1) is 11.8 Å².